The number of amides is 1. The molecule has 0 radical (unpaired) electrons. The van der Waals surface area contributed by atoms with Gasteiger partial charge in [-0.3, -0.25) is 9.48 Å². The van der Waals surface area contributed by atoms with E-state index in [9.17, 15) is 4.79 Å². The molecule has 8 nitrogen and oxygen atoms in total. The van der Waals surface area contributed by atoms with Gasteiger partial charge in [-0.2, -0.15) is 5.10 Å². The summed E-state index contributed by atoms with van der Waals surface area (Å²) < 4.78 is 3.91. The average molecular weight is 468 g/mol. The van der Waals surface area contributed by atoms with Crippen LogP contribution in [0, 0.1) is 5.92 Å². The minimum atomic E-state index is 0.108. The molecule has 178 valence electrons. The number of rotatable bonds is 6. The van der Waals surface area contributed by atoms with Gasteiger partial charge in [0.15, 0.2) is 5.82 Å². The molecule has 4 aromatic rings. The topological polar surface area (TPSA) is 72.1 Å². The fraction of sp³-hybridized carbons (Fsp3) is 0.333. The van der Waals surface area contributed by atoms with E-state index in [2.05, 4.69) is 55.0 Å². The largest absolute Gasteiger partial charge is 0.368 e. The van der Waals surface area contributed by atoms with Crippen LogP contribution in [0.3, 0.4) is 0 Å². The van der Waals surface area contributed by atoms with Gasteiger partial charge >= 0.3 is 0 Å². The van der Waals surface area contributed by atoms with E-state index < -0.39 is 0 Å². The second-order valence-electron chi connectivity index (χ2n) is 9.46. The molecule has 0 N–H and O–H groups in total. The number of nitrogens with zero attached hydrogens (tertiary/aromatic N) is 7. The molecule has 1 aliphatic carbocycles. The highest BCUT2D eigenvalue weighted by Crippen LogP contribution is 2.33. The minimum absolute atomic E-state index is 0.108. The number of para-hydroxylation sites is 1. The average Bonchev–Trinajstić information content (AvgIpc) is 3.46. The summed E-state index contributed by atoms with van der Waals surface area (Å²) in [6.45, 7) is 4.02. The maximum Gasteiger partial charge on any atom is 0.270 e. The van der Waals surface area contributed by atoms with Crippen LogP contribution in [-0.4, -0.2) is 61.3 Å². The van der Waals surface area contributed by atoms with Crippen molar-refractivity contribution >= 4 is 11.6 Å². The molecule has 35 heavy (non-hydrogen) atoms. The Balaban J connectivity index is 1.22. The maximum atomic E-state index is 13.6. The van der Waals surface area contributed by atoms with Crippen LogP contribution < -0.4 is 4.90 Å². The Morgan fingerprint density at radius 2 is 1.71 bits per heavy atom. The molecule has 4 heterocycles. The Morgan fingerprint density at radius 3 is 2.37 bits per heavy atom. The number of carbonyl (C=O) groups excluding carboxylic acids is 1. The van der Waals surface area contributed by atoms with Crippen molar-refractivity contribution in [2.75, 3.05) is 31.1 Å². The molecule has 3 aromatic heterocycles. The van der Waals surface area contributed by atoms with Crippen LogP contribution in [0.15, 0.2) is 67.3 Å². The van der Waals surface area contributed by atoms with Crippen LogP contribution in [0.1, 0.15) is 23.3 Å². The summed E-state index contributed by atoms with van der Waals surface area (Å²) in [6, 6.07) is 14.3. The summed E-state index contributed by atoms with van der Waals surface area (Å²) in [6.07, 6.45) is 9.97. The van der Waals surface area contributed by atoms with Gasteiger partial charge in [0.05, 0.1) is 0 Å². The normalized spacial score (nSPS) is 16.0. The van der Waals surface area contributed by atoms with Gasteiger partial charge in [0.25, 0.3) is 5.91 Å². The van der Waals surface area contributed by atoms with Crippen molar-refractivity contribution in [3.63, 3.8) is 0 Å². The van der Waals surface area contributed by atoms with E-state index in [4.69, 9.17) is 0 Å². The van der Waals surface area contributed by atoms with Crippen molar-refractivity contribution in [3.8, 4) is 22.6 Å². The van der Waals surface area contributed by atoms with Crippen molar-refractivity contribution < 1.29 is 4.79 Å². The van der Waals surface area contributed by atoms with E-state index in [-0.39, 0.29) is 5.91 Å². The van der Waals surface area contributed by atoms with E-state index in [0.29, 0.717) is 11.7 Å². The number of hydrogen-bond acceptors (Lipinski definition) is 5. The molecular weight excluding hydrogens is 438 g/mol. The second kappa shape index (κ2) is 9.02. The lowest BCUT2D eigenvalue weighted by Gasteiger charge is -2.36. The van der Waals surface area contributed by atoms with Gasteiger partial charge in [-0.15, -0.1) is 0 Å². The number of aryl methyl sites for hydroxylation is 1. The SMILES string of the molecule is Cn1nccc1-c1ncc(-c2cc(C(=O)N3CCN(c4ccccc4)CC3)n(CC3CC3)c2)cn1. The molecule has 1 saturated heterocycles. The predicted molar refractivity (Wildman–Crippen MR) is 135 cm³/mol. The Hall–Kier alpha value is -3.94. The van der Waals surface area contributed by atoms with E-state index in [1.54, 1.807) is 10.9 Å². The number of anilines is 1. The monoisotopic (exact) mass is 467 g/mol. The van der Waals surface area contributed by atoms with Gasteiger partial charge in [0.2, 0.25) is 0 Å². The van der Waals surface area contributed by atoms with Crippen LogP contribution in [0.4, 0.5) is 5.69 Å². The molecule has 0 atom stereocenters. The van der Waals surface area contributed by atoms with Gasteiger partial charge in [0.1, 0.15) is 11.4 Å². The quantitative estimate of drug-likeness (QED) is 0.432. The summed E-state index contributed by atoms with van der Waals surface area (Å²) in [5, 5.41) is 4.20. The van der Waals surface area contributed by atoms with Crippen LogP contribution in [-0.2, 0) is 13.6 Å². The highest BCUT2D eigenvalue weighted by molar-refractivity contribution is 5.94. The molecule has 0 unspecified atom stereocenters. The van der Waals surface area contributed by atoms with Crippen LogP contribution in [0.2, 0.25) is 0 Å². The molecule has 1 saturated carbocycles. The molecule has 0 bridgehead atoms. The Morgan fingerprint density at radius 1 is 0.971 bits per heavy atom. The highest BCUT2D eigenvalue weighted by atomic mass is 16.2. The molecule has 2 aliphatic rings. The fourth-order valence-corrected chi connectivity index (χ4v) is 4.75. The number of carbonyl (C=O) groups is 1. The minimum Gasteiger partial charge on any atom is -0.368 e. The molecule has 6 rings (SSSR count). The van der Waals surface area contributed by atoms with Crippen LogP contribution >= 0.6 is 0 Å². The van der Waals surface area contributed by atoms with Crippen LogP contribution in [0.5, 0.6) is 0 Å². The van der Waals surface area contributed by atoms with Crippen molar-refractivity contribution in [3.05, 3.63) is 72.9 Å². The van der Waals surface area contributed by atoms with E-state index >= 15 is 0 Å². The maximum absolute atomic E-state index is 13.6. The summed E-state index contributed by atoms with van der Waals surface area (Å²) in [5.74, 6) is 1.41. The molecule has 2 fully saturated rings. The lowest BCUT2D eigenvalue weighted by molar-refractivity contribution is 0.0735. The Bertz CT molecular complexity index is 1310. The van der Waals surface area contributed by atoms with Crippen molar-refractivity contribution in [2.45, 2.75) is 19.4 Å². The molecule has 0 spiro atoms. The lowest BCUT2D eigenvalue weighted by Crippen LogP contribution is -2.49. The van der Waals surface area contributed by atoms with E-state index in [1.165, 1.54) is 18.5 Å². The van der Waals surface area contributed by atoms with Gasteiger partial charge in [-0.05, 0) is 43.0 Å². The van der Waals surface area contributed by atoms with Crippen molar-refractivity contribution in [2.24, 2.45) is 13.0 Å². The number of piperazine rings is 1. The molecule has 1 aromatic carbocycles. The number of benzene rings is 1. The zero-order valence-electron chi connectivity index (χ0n) is 19.9. The third kappa shape index (κ3) is 4.43. The van der Waals surface area contributed by atoms with Gasteiger partial charge in [-0.1, -0.05) is 18.2 Å². The summed E-state index contributed by atoms with van der Waals surface area (Å²) in [5.41, 5.74) is 4.74. The number of hydrogen-bond donors (Lipinski definition) is 0. The van der Waals surface area contributed by atoms with E-state index in [0.717, 1.165) is 55.2 Å². The molecule has 1 aliphatic heterocycles. The van der Waals surface area contributed by atoms with Gasteiger partial charge in [-0.25, -0.2) is 9.97 Å². The summed E-state index contributed by atoms with van der Waals surface area (Å²) in [4.78, 5) is 27.1. The highest BCUT2D eigenvalue weighted by Gasteiger charge is 2.28. The zero-order valence-corrected chi connectivity index (χ0v) is 19.9. The Kier molecular flexibility index (Phi) is 5.56. The first-order valence-electron chi connectivity index (χ1n) is 12.3. The standard InChI is InChI=1S/C27H29N7O/c1-31-24(9-10-30-31)26-28-16-22(17-29-26)21-15-25(34(19-21)18-20-7-8-20)27(35)33-13-11-32(12-14-33)23-5-3-2-4-6-23/h2-6,9-10,15-17,19-20H,7-8,11-14,18H2,1H3. The smallest absolute Gasteiger partial charge is 0.270 e. The van der Waals surface area contributed by atoms with E-state index in [1.807, 2.05) is 42.5 Å². The molecule has 8 heteroatoms. The van der Waals surface area contributed by atoms with Crippen molar-refractivity contribution in [1.82, 2.24) is 29.2 Å². The number of aromatic nitrogens is 5. The first-order chi connectivity index (χ1) is 17.2. The van der Waals surface area contributed by atoms with Crippen LogP contribution in [0.25, 0.3) is 22.6 Å². The fourth-order valence-electron chi connectivity index (χ4n) is 4.75. The van der Waals surface area contributed by atoms with Gasteiger partial charge < -0.3 is 14.4 Å². The first kappa shape index (κ1) is 21.6. The van der Waals surface area contributed by atoms with Crippen molar-refractivity contribution in [1.29, 1.82) is 0 Å². The third-order valence-electron chi connectivity index (χ3n) is 6.99. The molecular formula is C27H29N7O. The van der Waals surface area contributed by atoms with Gasteiger partial charge in [0, 0.05) is 81.4 Å². The second-order valence-corrected chi connectivity index (χ2v) is 9.46. The first-order valence-corrected chi connectivity index (χ1v) is 12.3. The summed E-state index contributed by atoms with van der Waals surface area (Å²) >= 11 is 0. The zero-order chi connectivity index (χ0) is 23.8. The summed E-state index contributed by atoms with van der Waals surface area (Å²) in [7, 11) is 1.88. The predicted octanol–water partition coefficient (Wildman–Crippen LogP) is 3.72. The Labute approximate surface area is 204 Å². The lowest BCUT2D eigenvalue weighted by atomic mass is 10.1. The molecule has 1 amide bonds. The third-order valence-corrected chi connectivity index (χ3v) is 6.99.